The van der Waals surface area contributed by atoms with Crippen LogP contribution in [0.25, 0.3) is 0 Å². The van der Waals surface area contributed by atoms with E-state index in [1.54, 1.807) is 18.3 Å². The van der Waals surface area contributed by atoms with Crippen molar-refractivity contribution in [3.63, 3.8) is 0 Å². The molecule has 0 spiro atoms. The van der Waals surface area contributed by atoms with E-state index in [0.29, 0.717) is 6.54 Å². The van der Waals surface area contributed by atoms with Gasteiger partial charge in [0, 0.05) is 10.8 Å². The largest absolute Gasteiger partial charge is 0.385 e. The molecule has 1 heterocycles. The molecule has 2 N–H and O–H groups in total. The van der Waals surface area contributed by atoms with Crippen LogP contribution in [0.4, 0.5) is 0 Å². The first-order valence-electron chi connectivity index (χ1n) is 7.68. The van der Waals surface area contributed by atoms with Gasteiger partial charge in [-0.25, -0.2) is 4.98 Å². The highest BCUT2D eigenvalue weighted by molar-refractivity contribution is 7.09. The molecule has 1 aromatic heterocycles. The molecule has 0 saturated heterocycles. The molecule has 5 heteroatoms. The minimum absolute atomic E-state index is 0.0178. The minimum atomic E-state index is -1.18. The predicted molar refractivity (Wildman–Crippen MR) is 93.3 cm³/mol. The molecular formula is C18H24N2O2S. The molecule has 2 rings (SSSR count). The van der Waals surface area contributed by atoms with Crippen LogP contribution in [0.3, 0.4) is 0 Å². The fraction of sp³-hybridized carbons (Fsp3) is 0.444. The second kappa shape index (κ2) is 6.81. The molecule has 1 unspecified atom stereocenters. The normalized spacial score (nSPS) is 14.3. The van der Waals surface area contributed by atoms with E-state index in [1.807, 2.05) is 35.7 Å². The molecule has 0 aliphatic heterocycles. The molecule has 23 heavy (non-hydrogen) atoms. The van der Waals surface area contributed by atoms with Gasteiger partial charge in [0.2, 0.25) is 5.91 Å². The highest BCUT2D eigenvalue weighted by atomic mass is 32.1. The van der Waals surface area contributed by atoms with Crippen molar-refractivity contribution in [3.8, 4) is 0 Å². The van der Waals surface area contributed by atoms with Gasteiger partial charge in [-0.2, -0.15) is 0 Å². The molecule has 0 saturated carbocycles. The Morgan fingerprint density at radius 3 is 2.43 bits per heavy atom. The van der Waals surface area contributed by atoms with Crippen molar-refractivity contribution >= 4 is 17.2 Å². The number of carbonyl (C=O) groups excluding carboxylic acids is 1. The van der Waals surface area contributed by atoms with Gasteiger partial charge in [-0.15, -0.1) is 11.3 Å². The predicted octanol–water partition coefficient (Wildman–Crippen LogP) is 3.35. The summed E-state index contributed by atoms with van der Waals surface area (Å²) in [7, 11) is 0. The van der Waals surface area contributed by atoms with Crippen molar-refractivity contribution in [1.29, 1.82) is 0 Å². The monoisotopic (exact) mass is 332 g/mol. The second-order valence-electron chi connectivity index (χ2n) is 6.99. The van der Waals surface area contributed by atoms with Gasteiger partial charge >= 0.3 is 0 Å². The maximum atomic E-state index is 12.1. The van der Waals surface area contributed by atoms with Crippen LogP contribution in [0.1, 0.15) is 50.4 Å². The van der Waals surface area contributed by atoms with E-state index in [0.717, 1.165) is 16.3 Å². The standard InChI is InChI=1S/C18H24N2O2S/c1-17(2,3)16-20-14(12-23-16)11-19-15(21)10-18(4,22)13-8-6-5-7-9-13/h5-9,12,22H,10-11H2,1-4H3,(H,19,21). The average Bonchev–Trinajstić information content (AvgIpc) is 2.95. The van der Waals surface area contributed by atoms with Gasteiger partial charge in [0.15, 0.2) is 0 Å². The van der Waals surface area contributed by atoms with Crippen LogP contribution in [-0.2, 0) is 22.4 Å². The second-order valence-corrected chi connectivity index (χ2v) is 7.85. The Bertz CT molecular complexity index is 657. The van der Waals surface area contributed by atoms with Crippen LogP contribution in [0, 0.1) is 0 Å². The van der Waals surface area contributed by atoms with Crippen LogP contribution in [0.2, 0.25) is 0 Å². The fourth-order valence-corrected chi connectivity index (χ4v) is 3.10. The Balaban J connectivity index is 1.91. The number of benzene rings is 1. The molecule has 124 valence electrons. The van der Waals surface area contributed by atoms with Gasteiger partial charge in [0.25, 0.3) is 0 Å². The maximum absolute atomic E-state index is 12.1. The van der Waals surface area contributed by atoms with Crippen molar-refractivity contribution < 1.29 is 9.90 Å². The van der Waals surface area contributed by atoms with E-state index < -0.39 is 5.60 Å². The van der Waals surface area contributed by atoms with Crippen LogP contribution in [0.15, 0.2) is 35.7 Å². The van der Waals surface area contributed by atoms with Gasteiger partial charge < -0.3 is 10.4 Å². The van der Waals surface area contributed by atoms with Crippen molar-refractivity contribution in [3.05, 3.63) is 52.0 Å². The van der Waals surface area contributed by atoms with Crippen LogP contribution >= 0.6 is 11.3 Å². The van der Waals surface area contributed by atoms with Crippen molar-refractivity contribution in [2.45, 2.75) is 51.7 Å². The molecule has 2 aromatic rings. The van der Waals surface area contributed by atoms with E-state index in [-0.39, 0.29) is 17.7 Å². The van der Waals surface area contributed by atoms with Gasteiger partial charge in [0.1, 0.15) is 0 Å². The van der Waals surface area contributed by atoms with E-state index in [9.17, 15) is 9.90 Å². The Kier molecular flexibility index (Phi) is 5.22. The summed E-state index contributed by atoms with van der Waals surface area (Å²) in [5.74, 6) is -0.191. The lowest BCUT2D eigenvalue weighted by Crippen LogP contribution is -2.32. The molecule has 0 aliphatic carbocycles. The third-order valence-corrected chi connectivity index (χ3v) is 4.88. The van der Waals surface area contributed by atoms with Gasteiger partial charge in [-0.1, -0.05) is 51.1 Å². The quantitative estimate of drug-likeness (QED) is 0.882. The number of aromatic nitrogens is 1. The number of hydrogen-bond donors (Lipinski definition) is 2. The Labute approximate surface area is 141 Å². The zero-order valence-corrected chi connectivity index (χ0v) is 14.9. The van der Waals surface area contributed by atoms with Gasteiger partial charge in [0.05, 0.1) is 29.3 Å². The highest BCUT2D eigenvalue weighted by Gasteiger charge is 2.26. The first-order valence-corrected chi connectivity index (χ1v) is 8.56. The number of hydrogen-bond acceptors (Lipinski definition) is 4. The molecule has 0 aliphatic rings. The summed E-state index contributed by atoms with van der Waals surface area (Å²) in [6.07, 6.45) is 0.0211. The Morgan fingerprint density at radius 2 is 1.87 bits per heavy atom. The number of nitrogens with zero attached hydrogens (tertiary/aromatic N) is 1. The lowest BCUT2D eigenvalue weighted by molar-refractivity contribution is -0.126. The zero-order chi connectivity index (χ0) is 17.1. The number of carbonyl (C=O) groups is 1. The van der Waals surface area contributed by atoms with Crippen molar-refractivity contribution in [1.82, 2.24) is 10.3 Å². The molecule has 0 fully saturated rings. The van der Waals surface area contributed by atoms with Crippen LogP contribution in [-0.4, -0.2) is 16.0 Å². The lowest BCUT2D eigenvalue weighted by atomic mass is 9.92. The average molecular weight is 332 g/mol. The van der Waals surface area contributed by atoms with E-state index in [2.05, 4.69) is 31.1 Å². The highest BCUT2D eigenvalue weighted by Crippen LogP contribution is 2.26. The smallest absolute Gasteiger partial charge is 0.223 e. The molecule has 1 aromatic carbocycles. The van der Waals surface area contributed by atoms with Gasteiger partial charge in [-0.3, -0.25) is 4.79 Å². The number of nitrogens with one attached hydrogen (secondary N) is 1. The summed E-state index contributed by atoms with van der Waals surface area (Å²) in [5, 5.41) is 16.3. The number of thiazole rings is 1. The Morgan fingerprint density at radius 1 is 1.22 bits per heavy atom. The fourth-order valence-electron chi connectivity index (χ4n) is 2.20. The summed E-state index contributed by atoms with van der Waals surface area (Å²) < 4.78 is 0. The number of aliphatic hydroxyl groups is 1. The zero-order valence-electron chi connectivity index (χ0n) is 14.1. The maximum Gasteiger partial charge on any atom is 0.223 e. The summed E-state index contributed by atoms with van der Waals surface area (Å²) >= 11 is 1.61. The number of rotatable bonds is 5. The lowest BCUT2D eigenvalue weighted by Gasteiger charge is -2.23. The molecule has 1 amide bonds. The van der Waals surface area contributed by atoms with Crippen molar-refractivity contribution in [2.75, 3.05) is 0 Å². The summed E-state index contributed by atoms with van der Waals surface area (Å²) in [5.41, 5.74) is 0.430. The SMILES string of the molecule is CC(C)(C)c1nc(CNC(=O)CC(C)(O)c2ccccc2)cs1. The van der Waals surface area contributed by atoms with Gasteiger partial charge in [-0.05, 0) is 12.5 Å². The Hall–Kier alpha value is -1.72. The first kappa shape index (κ1) is 17.6. The topological polar surface area (TPSA) is 62.2 Å². The summed E-state index contributed by atoms with van der Waals surface area (Å²) in [6.45, 7) is 8.39. The third kappa shape index (κ3) is 4.88. The minimum Gasteiger partial charge on any atom is -0.385 e. The molecular weight excluding hydrogens is 308 g/mol. The van der Waals surface area contributed by atoms with E-state index in [1.165, 1.54) is 0 Å². The third-order valence-electron chi connectivity index (χ3n) is 3.56. The van der Waals surface area contributed by atoms with Crippen LogP contribution < -0.4 is 5.32 Å². The number of amides is 1. The molecule has 0 bridgehead atoms. The first-order chi connectivity index (χ1) is 10.7. The van der Waals surface area contributed by atoms with E-state index >= 15 is 0 Å². The molecule has 1 atom stereocenters. The molecule has 0 radical (unpaired) electrons. The van der Waals surface area contributed by atoms with Crippen LogP contribution in [0.5, 0.6) is 0 Å². The van der Waals surface area contributed by atoms with E-state index in [4.69, 9.17) is 0 Å². The summed E-state index contributed by atoms with van der Waals surface area (Å²) in [4.78, 5) is 16.7. The van der Waals surface area contributed by atoms with Crippen molar-refractivity contribution in [2.24, 2.45) is 0 Å². The summed E-state index contributed by atoms with van der Waals surface area (Å²) in [6, 6.07) is 9.23. The molecule has 4 nitrogen and oxygen atoms in total.